The van der Waals surface area contributed by atoms with Crippen molar-refractivity contribution < 1.29 is 28.3 Å². The van der Waals surface area contributed by atoms with E-state index in [2.05, 4.69) is 0 Å². The summed E-state index contributed by atoms with van der Waals surface area (Å²) in [4.78, 5) is 22.6. The zero-order valence-electron chi connectivity index (χ0n) is 19.5. The highest BCUT2D eigenvalue weighted by Crippen LogP contribution is 2.27. The van der Waals surface area contributed by atoms with Crippen molar-refractivity contribution in [3.63, 3.8) is 0 Å². The molecule has 0 radical (unpaired) electrons. The van der Waals surface area contributed by atoms with Gasteiger partial charge in [-0.1, -0.05) is 24.3 Å². The average Bonchev–Trinajstić information content (AvgIpc) is 3.33. The van der Waals surface area contributed by atoms with E-state index in [-0.39, 0.29) is 11.5 Å². The summed E-state index contributed by atoms with van der Waals surface area (Å²) in [6.45, 7) is 13.3. The Morgan fingerprint density at radius 3 is 1.56 bits per heavy atom. The largest absolute Gasteiger partial charge is 0.475 e. The summed E-state index contributed by atoms with van der Waals surface area (Å²) < 4.78 is 16.2. The number of esters is 1. The second kappa shape index (κ2) is 8.54. The maximum absolute atomic E-state index is 11.9. The topological polar surface area (TPSA) is 89.9 Å². The SMILES string of the molecule is Cc1ccc(C)c2oc(C(=O)O)cc12.Cc1ccc(C)c2oc(C(=O)OC(C)(C)C)cc12. The molecular formula is C26H28O6. The number of fused-ring (bicyclic) bond motifs is 2. The van der Waals surface area contributed by atoms with E-state index in [9.17, 15) is 9.59 Å². The van der Waals surface area contributed by atoms with Gasteiger partial charge in [-0.3, -0.25) is 0 Å². The second-order valence-electron chi connectivity index (χ2n) is 8.91. The molecular weight excluding hydrogens is 408 g/mol. The first-order valence-electron chi connectivity index (χ1n) is 10.3. The molecule has 0 atom stereocenters. The fourth-order valence-corrected chi connectivity index (χ4v) is 3.32. The van der Waals surface area contributed by atoms with E-state index in [1.165, 1.54) is 0 Å². The van der Waals surface area contributed by atoms with Gasteiger partial charge in [0.25, 0.3) is 0 Å². The number of ether oxygens (including phenoxy) is 1. The van der Waals surface area contributed by atoms with Crippen LogP contribution in [0.15, 0.2) is 45.2 Å². The van der Waals surface area contributed by atoms with Gasteiger partial charge in [0.05, 0.1) is 0 Å². The molecule has 0 saturated heterocycles. The molecule has 0 aliphatic rings. The molecule has 0 spiro atoms. The van der Waals surface area contributed by atoms with Crippen LogP contribution in [0.25, 0.3) is 21.9 Å². The van der Waals surface area contributed by atoms with Gasteiger partial charge in [0.15, 0.2) is 0 Å². The van der Waals surface area contributed by atoms with Crippen LogP contribution >= 0.6 is 0 Å². The summed E-state index contributed by atoms with van der Waals surface area (Å²) in [5.41, 5.74) is 5.01. The van der Waals surface area contributed by atoms with Crippen LogP contribution in [-0.2, 0) is 4.74 Å². The molecule has 2 aromatic carbocycles. The van der Waals surface area contributed by atoms with Crippen LogP contribution in [-0.4, -0.2) is 22.6 Å². The number of aromatic carboxylic acids is 1. The molecule has 0 aliphatic heterocycles. The van der Waals surface area contributed by atoms with Gasteiger partial charge in [-0.2, -0.15) is 0 Å². The smallest absolute Gasteiger partial charge is 0.374 e. The molecule has 4 rings (SSSR count). The number of carboxylic acids is 1. The Bertz CT molecular complexity index is 1240. The molecule has 2 heterocycles. The number of furan rings is 2. The quantitative estimate of drug-likeness (QED) is 0.349. The lowest BCUT2D eigenvalue weighted by Gasteiger charge is -2.18. The van der Waals surface area contributed by atoms with Gasteiger partial charge in [0.1, 0.15) is 16.8 Å². The van der Waals surface area contributed by atoms with E-state index >= 15 is 0 Å². The van der Waals surface area contributed by atoms with Gasteiger partial charge < -0.3 is 18.7 Å². The Kier molecular flexibility index (Phi) is 6.17. The van der Waals surface area contributed by atoms with E-state index in [0.29, 0.717) is 5.58 Å². The molecule has 0 saturated carbocycles. The van der Waals surface area contributed by atoms with Crippen molar-refractivity contribution in [2.24, 2.45) is 0 Å². The summed E-state index contributed by atoms with van der Waals surface area (Å²) in [5.74, 6) is -1.19. The zero-order valence-corrected chi connectivity index (χ0v) is 19.5. The van der Waals surface area contributed by atoms with Gasteiger partial charge in [-0.15, -0.1) is 0 Å². The standard InChI is InChI=1S/C15H18O3.C11H10O3/c1-9-6-7-10(2)13-11(9)8-12(17-13)14(16)18-15(3,4)5;1-6-3-4-7(2)10-8(6)5-9(14-10)11(12)13/h6-8H,1-5H3;3-5H,1-2H3,(H,12,13). The number of rotatable bonds is 2. The minimum atomic E-state index is -1.03. The van der Waals surface area contributed by atoms with Crippen LogP contribution in [0.1, 0.15) is 64.1 Å². The van der Waals surface area contributed by atoms with Crippen molar-refractivity contribution in [1.82, 2.24) is 0 Å². The number of carbonyl (C=O) groups is 2. The van der Waals surface area contributed by atoms with Gasteiger partial charge in [0, 0.05) is 10.8 Å². The molecule has 32 heavy (non-hydrogen) atoms. The third-order valence-electron chi connectivity index (χ3n) is 5.01. The third kappa shape index (κ3) is 4.85. The molecule has 168 valence electrons. The zero-order chi connectivity index (χ0) is 23.8. The first-order valence-corrected chi connectivity index (χ1v) is 10.3. The normalized spacial score (nSPS) is 11.3. The highest BCUT2D eigenvalue weighted by Gasteiger charge is 2.22. The average molecular weight is 437 g/mol. The summed E-state index contributed by atoms with van der Waals surface area (Å²) in [6, 6.07) is 11.2. The highest BCUT2D eigenvalue weighted by molar-refractivity contribution is 5.95. The predicted molar refractivity (Wildman–Crippen MR) is 124 cm³/mol. The molecule has 0 unspecified atom stereocenters. The Morgan fingerprint density at radius 2 is 1.16 bits per heavy atom. The van der Waals surface area contributed by atoms with Gasteiger partial charge in [0.2, 0.25) is 11.5 Å². The molecule has 6 nitrogen and oxygen atoms in total. The minimum absolute atomic E-state index is 0.00241. The van der Waals surface area contributed by atoms with Crippen LogP contribution in [0, 0.1) is 27.7 Å². The van der Waals surface area contributed by atoms with Crippen LogP contribution in [0.4, 0.5) is 0 Å². The van der Waals surface area contributed by atoms with Crippen LogP contribution in [0.2, 0.25) is 0 Å². The number of hydrogen-bond acceptors (Lipinski definition) is 5. The molecule has 0 amide bonds. The van der Waals surface area contributed by atoms with E-state index in [1.54, 1.807) is 12.1 Å². The lowest BCUT2D eigenvalue weighted by atomic mass is 10.1. The van der Waals surface area contributed by atoms with E-state index in [1.807, 2.05) is 72.7 Å². The Hall–Kier alpha value is -3.54. The van der Waals surface area contributed by atoms with Crippen molar-refractivity contribution in [3.8, 4) is 0 Å². The maximum atomic E-state index is 11.9. The molecule has 6 heteroatoms. The van der Waals surface area contributed by atoms with Crippen LogP contribution in [0.3, 0.4) is 0 Å². The Labute approximate surface area is 186 Å². The summed E-state index contributed by atoms with van der Waals surface area (Å²) >= 11 is 0. The monoisotopic (exact) mass is 436 g/mol. The Balaban J connectivity index is 0.000000186. The summed E-state index contributed by atoms with van der Waals surface area (Å²) in [6.07, 6.45) is 0. The molecule has 0 fully saturated rings. The molecule has 0 aliphatic carbocycles. The summed E-state index contributed by atoms with van der Waals surface area (Å²) in [7, 11) is 0. The van der Waals surface area contributed by atoms with E-state index in [4.69, 9.17) is 18.7 Å². The lowest BCUT2D eigenvalue weighted by Crippen LogP contribution is -2.23. The van der Waals surface area contributed by atoms with Gasteiger partial charge in [-0.05, 0) is 82.9 Å². The first-order chi connectivity index (χ1) is 14.9. The number of hydrogen-bond donors (Lipinski definition) is 1. The predicted octanol–water partition coefficient (Wildman–Crippen LogP) is 6.75. The number of carbonyl (C=O) groups excluding carboxylic acids is 1. The van der Waals surface area contributed by atoms with Gasteiger partial charge in [-0.25, -0.2) is 9.59 Å². The molecule has 4 aromatic rings. The van der Waals surface area contributed by atoms with Crippen molar-refractivity contribution >= 4 is 33.9 Å². The number of carboxylic acid groups (broad SMARTS) is 1. The summed E-state index contributed by atoms with van der Waals surface area (Å²) in [5, 5.41) is 10.6. The number of benzene rings is 2. The fourth-order valence-electron chi connectivity index (χ4n) is 3.32. The fraction of sp³-hybridized carbons (Fsp3) is 0.308. The van der Waals surface area contributed by atoms with Crippen LogP contribution < -0.4 is 0 Å². The molecule has 1 N–H and O–H groups in total. The highest BCUT2D eigenvalue weighted by atomic mass is 16.6. The lowest BCUT2D eigenvalue weighted by molar-refractivity contribution is 0.00380. The van der Waals surface area contributed by atoms with Gasteiger partial charge >= 0.3 is 11.9 Å². The van der Waals surface area contributed by atoms with Crippen LogP contribution in [0.5, 0.6) is 0 Å². The maximum Gasteiger partial charge on any atom is 0.374 e. The van der Waals surface area contributed by atoms with E-state index in [0.717, 1.165) is 38.6 Å². The van der Waals surface area contributed by atoms with Crippen molar-refractivity contribution in [1.29, 1.82) is 0 Å². The van der Waals surface area contributed by atoms with Crippen molar-refractivity contribution in [2.45, 2.75) is 54.1 Å². The van der Waals surface area contributed by atoms with Crippen molar-refractivity contribution in [3.05, 3.63) is 70.2 Å². The molecule has 0 bridgehead atoms. The second-order valence-corrected chi connectivity index (χ2v) is 8.91. The van der Waals surface area contributed by atoms with Crippen molar-refractivity contribution in [2.75, 3.05) is 0 Å². The van der Waals surface area contributed by atoms with E-state index < -0.39 is 17.5 Å². The third-order valence-corrected chi connectivity index (χ3v) is 5.01. The Morgan fingerprint density at radius 1 is 0.750 bits per heavy atom. The first kappa shape index (κ1) is 23.1. The molecule has 2 aromatic heterocycles. The minimum Gasteiger partial charge on any atom is -0.475 e. The number of aryl methyl sites for hydroxylation is 4.